The fraction of sp³-hybridized carbons (Fsp3) is 0.818. The lowest BCUT2D eigenvalue weighted by molar-refractivity contribution is 0.301. The van der Waals surface area contributed by atoms with Gasteiger partial charge in [-0.1, -0.05) is 6.42 Å². The van der Waals surface area contributed by atoms with Crippen molar-refractivity contribution >= 4 is 0 Å². The van der Waals surface area contributed by atoms with Crippen molar-refractivity contribution in [3.05, 3.63) is 0 Å². The average Bonchev–Trinajstić information content (AvgIpc) is 2.00. The number of hydrogen-bond donors (Lipinski definition) is 1. The molecule has 0 amide bonds. The second kappa shape index (κ2) is 6.08. The van der Waals surface area contributed by atoms with Crippen LogP contribution in [0.1, 0.15) is 38.5 Å². The highest BCUT2D eigenvalue weighted by molar-refractivity contribution is 4.82. The number of nitrogens with one attached hydrogen (secondary N) is 1. The monoisotopic (exact) mass is 165 g/mol. The van der Waals surface area contributed by atoms with Crippen LogP contribution >= 0.6 is 0 Å². The van der Waals surface area contributed by atoms with Crippen LogP contribution in [-0.4, -0.2) is 13.1 Å². The molecule has 1 aliphatic carbocycles. The summed E-state index contributed by atoms with van der Waals surface area (Å²) in [5.41, 5.74) is 0. The van der Waals surface area contributed by atoms with Gasteiger partial charge in [-0.15, -0.1) is 12.3 Å². The highest BCUT2D eigenvalue weighted by Crippen LogP contribution is 2.24. The molecule has 0 aromatic carbocycles. The molecule has 0 spiro atoms. The fourth-order valence-corrected chi connectivity index (χ4v) is 1.48. The second-order valence-corrected chi connectivity index (χ2v) is 3.66. The van der Waals surface area contributed by atoms with Crippen molar-refractivity contribution in [2.24, 2.45) is 5.92 Å². The Morgan fingerprint density at radius 2 is 2.17 bits per heavy atom. The quantitative estimate of drug-likeness (QED) is 0.470. The summed E-state index contributed by atoms with van der Waals surface area (Å²) < 4.78 is 0. The number of rotatable bonds is 6. The van der Waals surface area contributed by atoms with Gasteiger partial charge in [-0.3, -0.25) is 0 Å². The summed E-state index contributed by atoms with van der Waals surface area (Å²) in [7, 11) is 0. The Balaban J connectivity index is 1.74. The Hall–Kier alpha value is -0.480. The Morgan fingerprint density at radius 3 is 2.75 bits per heavy atom. The van der Waals surface area contributed by atoms with Gasteiger partial charge >= 0.3 is 0 Å². The van der Waals surface area contributed by atoms with Crippen LogP contribution in [0.2, 0.25) is 0 Å². The molecule has 68 valence electrons. The molecule has 1 fully saturated rings. The maximum absolute atomic E-state index is 5.15. The maximum Gasteiger partial charge on any atom is 0.00865 e. The van der Waals surface area contributed by atoms with E-state index in [-0.39, 0.29) is 0 Å². The van der Waals surface area contributed by atoms with Gasteiger partial charge in [0.1, 0.15) is 0 Å². The van der Waals surface area contributed by atoms with E-state index in [2.05, 4.69) is 11.2 Å². The summed E-state index contributed by atoms with van der Waals surface area (Å²) in [6, 6.07) is 0. The van der Waals surface area contributed by atoms with Gasteiger partial charge in [0.25, 0.3) is 0 Å². The number of unbranched alkanes of at least 4 members (excludes halogenated alkanes) is 2. The largest absolute Gasteiger partial charge is 0.316 e. The van der Waals surface area contributed by atoms with Crippen molar-refractivity contribution < 1.29 is 0 Å². The van der Waals surface area contributed by atoms with Crippen molar-refractivity contribution in [2.45, 2.75) is 38.5 Å². The van der Waals surface area contributed by atoms with E-state index in [0.29, 0.717) is 0 Å². The van der Waals surface area contributed by atoms with Crippen LogP contribution in [0, 0.1) is 18.3 Å². The summed E-state index contributed by atoms with van der Waals surface area (Å²) in [5, 5.41) is 3.48. The van der Waals surface area contributed by atoms with E-state index in [0.717, 1.165) is 18.9 Å². The first-order chi connectivity index (χ1) is 5.93. The molecule has 0 heterocycles. The topological polar surface area (TPSA) is 12.0 Å². The van der Waals surface area contributed by atoms with E-state index in [1.807, 2.05) is 0 Å². The first-order valence-corrected chi connectivity index (χ1v) is 5.07. The molecule has 0 unspecified atom stereocenters. The van der Waals surface area contributed by atoms with E-state index < -0.39 is 0 Å². The minimum atomic E-state index is 0.936. The predicted octanol–water partition coefficient (Wildman–Crippen LogP) is 2.18. The zero-order valence-corrected chi connectivity index (χ0v) is 7.81. The molecule has 0 aliphatic heterocycles. The van der Waals surface area contributed by atoms with E-state index in [9.17, 15) is 0 Å². The lowest BCUT2D eigenvalue weighted by Gasteiger charge is -2.25. The minimum absolute atomic E-state index is 0.936. The first kappa shape index (κ1) is 9.61. The molecule has 12 heavy (non-hydrogen) atoms. The third-order valence-corrected chi connectivity index (χ3v) is 2.58. The van der Waals surface area contributed by atoms with Crippen LogP contribution < -0.4 is 5.32 Å². The molecule has 0 bridgehead atoms. The Labute approximate surface area is 75.9 Å². The van der Waals surface area contributed by atoms with Crippen molar-refractivity contribution in [2.75, 3.05) is 13.1 Å². The number of hydrogen-bond acceptors (Lipinski definition) is 1. The maximum atomic E-state index is 5.15. The third kappa shape index (κ3) is 3.78. The predicted molar refractivity (Wildman–Crippen MR) is 52.9 cm³/mol. The average molecular weight is 165 g/mol. The SMILES string of the molecule is C#CCCCCNCC1CCC1. The molecule has 0 radical (unpaired) electrons. The van der Waals surface area contributed by atoms with E-state index in [1.165, 1.54) is 38.6 Å². The molecule has 1 saturated carbocycles. The highest BCUT2D eigenvalue weighted by atomic mass is 14.9. The number of terminal acetylenes is 1. The third-order valence-electron chi connectivity index (χ3n) is 2.58. The Bertz CT molecular complexity index is 142. The molecule has 1 N–H and O–H groups in total. The summed E-state index contributed by atoms with van der Waals surface area (Å²) in [4.78, 5) is 0. The molecule has 1 rings (SSSR count). The normalized spacial score (nSPS) is 16.9. The summed E-state index contributed by atoms with van der Waals surface area (Å²) in [6.07, 6.45) is 12.8. The molecule has 0 saturated heterocycles. The van der Waals surface area contributed by atoms with E-state index in [4.69, 9.17) is 6.42 Å². The summed E-state index contributed by atoms with van der Waals surface area (Å²) in [6.45, 7) is 2.38. The van der Waals surface area contributed by atoms with Crippen LogP contribution in [0.4, 0.5) is 0 Å². The fourth-order valence-electron chi connectivity index (χ4n) is 1.48. The zero-order chi connectivity index (χ0) is 8.65. The smallest absolute Gasteiger partial charge is 0.00865 e. The zero-order valence-electron chi connectivity index (χ0n) is 7.81. The molecule has 1 nitrogen and oxygen atoms in total. The Kier molecular flexibility index (Phi) is 4.87. The van der Waals surface area contributed by atoms with E-state index in [1.54, 1.807) is 0 Å². The van der Waals surface area contributed by atoms with Gasteiger partial charge in [0, 0.05) is 6.42 Å². The van der Waals surface area contributed by atoms with Crippen molar-refractivity contribution in [1.82, 2.24) is 5.32 Å². The molecule has 1 heteroatoms. The molecular weight excluding hydrogens is 146 g/mol. The van der Waals surface area contributed by atoms with Crippen LogP contribution in [0.5, 0.6) is 0 Å². The lowest BCUT2D eigenvalue weighted by Crippen LogP contribution is -2.27. The molecule has 0 aromatic rings. The van der Waals surface area contributed by atoms with Gasteiger partial charge in [-0.25, -0.2) is 0 Å². The second-order valence-electron chi connectivity index (χ2n) is 3.66. The van der Waals surface area contributed by atoms with Crippen LogP contribution in [0.25, 0.3) is 0 Å². The molecule has 0 atom stereocenters. The Morgan fingerprint density at radius 1 is 1.33 bits per heavy atom. The summed E-state index contributed by atoms with van der Waals surface area (Å²) in [5.74, 6) is 3.65. The van der Waals surface area contributed by atoms with Gasteiger partial charge in [-0.05, 0) is 44.7 Å². The van der Waals surface area contributed by atoms with Gasteiger partial charge in [0.05, 0.1) is 0 Å². The van der Waals surface area contributed by atoms with E-state index >= 15 is 0 Å². The van der Waals surface area contributed by atoms with Gasteiger partial charge in [0.2, 0.25) is 0 Å². The first-order valence-electron chi connectivity index (χ1n) is 5.07. The van der Waals surface area contributed by atoms with Gasteiger partial charge < -0.3 is 5.32 Å². The van der Waals surface area contributed by atoms with Crippen LogP contribution in [-0.2, 0) is 0 Å². The van der Waals surface area contributed by atoms with Crippen molar-refractivity contribution in [3.8, 4) is 12.3 Å². The van der Waals surface area contributed by atoms with Crippen molar-refractivity contribution in [3.63, 3.8) is 0 Å². The molecular formula is C11H19N. The van der Waals surface area contributed by atoms with Crippen molar-refractivity contribution in [1.29, 1.82) is 0 Å². The lowest BCUT2D eigenvalue weighted by atomic mass is 9.85. The molecule has 1 aliphatic rings. The van der Waals surface area contributed by atoms with Crippen LogP contribution in [0.3, 0.4) is 0 Å². The minimum Gasteiger partial charge on any atom is -0.316 e. The van der Waals surface area contributed by atoms with Crippen LogP contribution in [0.15, 0.2) is 0 Å². The van der Waals surface area contributed by atoms with Gasteiger partial charge in [-0.2, -0.15) is 0 Å². The standard InChI is InChI=1S/C11H19N/c1-2-3-4-5-9-12-10-11-7-6-8-11/h1,11-12H,3-10H2. The molecule has 0 aromatic heterocycles. The van der Waals surface area contributed by atoms with Gasteiger partial charge in [0.15, 0.2) is 0 Å². The summed E-state index contributed by atoms with van der Waals surface area (Å²) >= 11 is 0. The highest BCUT2D eigenvalue weighted by Gasteiger charge is 2.15.